The van der Waals surface area contributed by atoms with E-state index in [1.165, 1.54) is 70.7 Å². The van der Waals surface area contributed by atoms with Gasteiger partial charge < -0.3 is 38.8 Å². The molecule has 0 aromatic heterocycles. The third kappa shape index (κ3) is 15.8. The second-order valence-electron chi connectivity index (χ2n) is 18.2. The van der Waals surface area contributed by atoms with Gasteiger partial charge in [-0.1, -0.05) is 30.3 Å². The second kappa shape index (κ2) is 26.9. The zero-order valence-electron chi connectivity index (χ0n) is 45.9. The molecule has 5 aromatic carbocycles. The number of hydrogen-bond acceptors (Lipinski definition) is 20. The molecule has 27 heteroatoms. The number of nitro benzene ring substituents is 1. The number of anilines is 1. The zero-order valence-corrected chi connectivity index (χ0v) is 48.4. The van der Waals surface area contributed by atoms with Gasteiger partial charge in [0.1, 0.15) is 35.1 Å². The molecule has 0 aliphatic carbocycles. The SMILES string of the molecule is CCOc1cc([C@@H](CS(C)(=O)=O)N2C(=O)c3cccc(NC(C)=O)c3C2=O)ccc1OC.CCOc1cc([C@@H](CS(C)(=O)=O)N2C(=O)c3cccc([N+](=O)[O-])c3C2=O)ccc1OC.CCOc1cc([C@@H](O)CS(C)(=O)=O)ccc1OC. The molecule has 0 fully saturated rings. The zero-order chi connectivity index (χ0) is 60.3. The van der Waals surface area contributed by atoms with E-state index in [1.807, 2.05) is 6.92 Å². The number of methoxy groups -OCH3 is 3. The lowest BCUT2D eigenvalue weighted by molar-refractivity contribution is -0.385. The summed E-state index contributed by atoms with van der Waals surface area (Å²) in [6.45, 7) is 7.76. The van der Waals surface area contributed by atoms with Gasteiger partial charge >= 0.3 is 0 Å². The highest BCUT2D eigenvalue weighted by Gasteiger charge is 2.46. The molecule has 0 saturated carbocycles. The van der Waals surface area contributed by atoms with Gasteiger partial charge in [-0.25, -0.2) is 25.3 Å². The molecule has 436 valence electrons. The normalized spacial score (nSPS) is 14.0. The number of ether oxygens (including phenoxy) is 6. The number of hydrogen-bond donors (Lipinski definition) is 2. The van der Waals surface area contributed by atoms with E-state index in [2.05, 4.69) is 5.32 Å². The predicted octanol–water partition coefficient (Wildman–Crippen LogP) is 5.99. The summed E-state index contributed by atoms with van der Waals surface area (Å²) in [7, 11) is -6.07. The minimum atomic E-state index is -3.66. The number of aliphatic hydroxyl groups is 1. The lowest BCUT2D eigenvalue weighted by Gasteiger charge is -2.27. The number of carbonyl (C=O) groups excluding carboxylic acids is 5. The van der Waals surface area contributed by atoms with E-state index in [9.17, 15) is 64.4 Å². The summed E-state index contributed by atoms with van der Waals surface area (Å²) in [6, 6.07) is 20.1. The molecule has 7 rings (SSSR count). The molecule has 0 unspecified atom stereocenters. The standard InChI is InChI=1S/C22H24N2O7S.C20H20N2O8S.C12H18O5S/c1-5-31-19-11-14(9-10-18(19)30-3)17(12-32(4,28)29)24-21(26)15-7-6-8-16(23-13(2)25)20(15)22(24)27;1-4-30-17-10-12(8-9-16(17)29-2)15(11-31(3,27)28)21-19(23)13-6-5-7-14(22(25)26)18(13)20(21)24;1-4-17-12-7-9(5-6-11(12)16-2)10(13)8-18(3,14)15/h6-11,17H,5,12H2,1-4H3,(H,23,25);5-10,15H,4,11H2,1-3H3;5-7,10,13H,4,8H2,1-3H3/t17-;15-;10-/m110/s1. The first-order chi connectivity index (χ1) is 38.0. The van der Waals surface area contributed by atoms with Gasteiger partial charge in [0.15, 0.2) is 34.5 Å². The molecular weight excluding hydrogens is 1120 g/mol. The van der Waals surface area contributed by atoms with Gasteiger partial charge in [-0.3, -0.25) is 43.9 Å². The first kappa shape index (κ1) is 63.7. The largest absolute Gasteiger partial charge is 0.493 e. The molecule has 5 amide bonds. The van der Waals surface area contributed by atoms with E-state index in [4.69, 9.17) is 28.4 Å². The Morgan fingerprint density at radius 2 is 0.926 bits per heavy atom. The number of nitrogens with one attached hydrogen (secondary N) is 1. The highest BCUT2D eigenvalue weighted by molar-refractivity contribution is 7.91. The molecular formula is C54H62N4O20S3. The first-order valence-electron chi connectivity index (χ1n) is 24.6. The Kier molecular flexibility index (Phi) is 21.1. The number of imide groups is 2. The summed E-state index contributed by atoms with van der Waals surface area (Å²) in [5.41, 5.74) is 0.514. The van der Waals surface area contributed by atoms with Crippen LogP contribution >= 0.6 is 0 Å². The molecule has 0 radical (unpaired) electrons. The van der Waals surface area contributed by atoms with Crippen LogP contribution in [0.25, 0.3) is 0 Å². The fraction of sp³-hybridized carbons (Fsp3) is 0.352. The summed E-state index contributed by atoms with van der Waals surface area (Å²) in [4.78, 5) is 76.6. The minimum absolute atomic E-state index is 0.0322. The van der Waals surface area contributed by atoms with E-state index in [-0.39, 0.29) is 33.7 Å². The van der Waals surface area contributed by atoms with Crippen LogP contribution < -0.4 is 33.7 Å². The Labute approximate surface area is 468 Å². The van der Waals surface area contributed by atoms with Gasteiger partial charge in [-0.2, -0.15) is 0 Å². The lowest BCUT2D eigenvalue weighted by atomic mass is 10.1. The Balaban J connectivity index is 0.000000232. The molecule has 0 bridgehead atoms. The van der Waals surface area contributed by atoms with E-state index in [1.54, 1.807) is 56.3 Å². The van der Waals surface area contributed by atoms with Crippen LogP contribution in [0.3, 0.4) is 0 Å². The molecule has 81 heavy (non-hydrogen) atoms. The Morgan fingerprint density at radius 1 is 0.556 bits per heavy atom. The number of amides is 5. The van der Waals surface area contributed by atoms with Crippen molar-refractivity contribution >= 4 is 70.4 Å². The highest BCUT2D eigenvalue weighted by atomic mass is 32.2. The van der Waals surface area contributed by atoms with Crippen molar-refractivity contribution in [2.24, 2.45) is 0 Å². The number of rotatable bonds is 22. The topological polar surface area (TPSA) is 325 Å². The Morgan fingerprint density at radius 3 is 1.30 bits per heavy atom. The fourth-order valence-electron chi connectivity index (χ4n) is 8.70. The van der Waals surface area contributed by atoms with Gasteiger partial charge in [0, 0.05) is 31.8 Å². The van der Waals surface area contributed by atoms with E-state index < -0.39 is 99.4 Å². The van der Waals surface area contributed by atoms with E-state index >= 15 is 0 Å². The van der Waals surface area contributed by atoms with Crippen LogP contribution in [0.1, 0.15) is 104 Å². The molecule has 2 aliphatic rings. The summed E-state index contributed by atoms with van der Waals surface area (Å²) in [5, 5.41) is 23.8. The number of benzene rings is 5. The molecule has 5 aromatic rings. The lowest BCUT2D eigenvalue weighted by Crippen LogP contribution is -2.37. The van der Waals surface area contributed by atoms with Gasteiger partial charge in [0.05, 0.1) is 104 Å². The summed E-state index contributed by atoms with van der Waals surface area (Å²) >= 11 is 0. The number of sulfone groups is 3. The minimum Gasteiger partial charge on any atom is -0.493 e. The first-order valence-corrected chi connectivity index (χ1v) is 30.8. The summed E-state index contributed by atoms with van der Waals surface area (Å²) in [6.07, 6.45) is 2.04. The van der Waals surface area contributed by atoms with Crippen LogP contribution in [0, 0.1) is 10.1 Å². The van der Waals surface area contributed by atoms with Crippen LogP contribution in [-0.2, 0) is 34.3 Å². The number of aliphatic hydroxyl groups excluding tert-OH is 1. The molecule has 2 heterocycles. The summed E-state index contributed by atoms with van der Waals surface area (Å²) < 4.78 is 103. The number of nitrogens with zero attached hydrogens (tertiary/aromatic N) is 3. The van der Waals surface area contributed by atoms with Crippen molar-refractivity contribution in [2.75, 3.05) is 82.5 Å². The van der Waals surface area contributed by atoms with Gasteiger partial charge in [-0.15, -0.1) is 0 Å². The average molecular weight is 1180 g/mol. The van der Waals surface area contributed by atoms with Crippen LogP contribution in [0.5, 0.6) is 34.5 Å². The van der Waals surface area contributed by atoms with Crippen molar-refractivity contribution in [1.29, 1.82) is 0 Å². The van der Waals surface area contributed by atoms with Crippen molar-refractivity contribution in [2.45, 2.75) is 45.9 Å². The maximum absolute atomic E-state index is 13.3. The number of nitro groups is 1. The van der Waals surface area contributed by atoms with Crippen molar-refractivity contribution in [3.8, 4) is 34.5 Å². The quantitative estimate of drug-likeness (QED) is 0.0456. The highest BCUT2D eigenvalue weighted by Crippen LogP contribution is 2.41. The third-order valence-electron chi connectivity index (χ3n) is 12.0. The van der Waals surface area contributed by atoms with E-state index in [0.717, 1.165) is 34.6 Å². The van der Waals surface area contributed by atoms with Gasteiger partial charge in [-0.05, 0) is 92.1 Å². The average Bonchev–Trinajstić information content (AvgIpc) is 4.05. The van der Waals surface area contributed by atoms with Crippen molar-refractivity contribution in [3.63, 3.8) is 0 Å². The van der Waals surface area contributed by atoms with Crippen molar-refractivity contribution in [3.05, 3.63) is 140 Å². The molecule has 3 atom stereocenters. The van der Waals surface area contributed by atoms with Crippen molar-refractivity contribution in [1.82, 2.24) is 9.80 Å². The maximum Gasteiger partial charge on any atom is 0.282 e. The second-order valence-corrected chi connectivity index (χ2v) is 24.7. The Bertz CT molecular complexity index is 3570. The van der Waals surface area contributed by atoms with Crippen LogP contribution in [0.4, 0.5) is 11.4 Å². The van der Waals surface area contributed by atoms with Crippen LogP contribution in [0.2, 0.25) is 0 Å². The predicted molar refractivity (Wildman–Crippen MR) is 297 cm³/mol. The fourth-order valence-corrected chi connectivity index (χ4v) is 11.3. The van der Waals surface area contributed by atoms with Crippen LogP contribution in [-0.4, -0.2) is 152 Å². The van der Waals surface area contributed by atoms with E-state index in [0.29, 0.717) is 71.0 Å². The number of carbonyl (C=O) groups is 5. The van der Waals surface area contributed by atoms with Gasteiger partial charge in [0.25, 0.3) is 29.3 Å². The smallest absolute Gasteiger partial charge is 0.282 e. The van der Waals surface area contributed by atoms with Gasteiger partial charge in [0.2, 0.25) is 5.91 Å². The molecule has 2 N–H and O–H groups in total. The molecule has 0 saturated heterocycles. The van der Waals surface area contributed by atoms with Crippen LogP contribution in [0.15, 0.2) is 91.0 Å². The maximum atomic E-state index is 13.3. The third-order valence-corrected chi connectivity index (χ3v) is 14.8. The monoisotopic (exact) mass is 1180 g/mol. The molecule has 2 aliphatic heterocycles. The molecule has 0 spiro atoms. The number of fused-ring (bicyclic) bond motifs is 2. The Hall–Kier alpha value is -8.14. The van der Waals surface area contributed by atoms with Crippen molar-refractivity contribution < 1.29 is 87.7 Å². The summed E-state index contributed by atoms with van der Waals surface area (Å²) in [5.74, 6) is -2.27. The molecule has 24 nitrogen and oxygen atoms in total.